The summed E-state index contributed by atoms with van der Waals surface area (Å²) < 4.78 is 33.0. The minimum Gasteiger partial charge on any atom is -0.495 e. The molecule has 8 heteroatoms. The third-order valence-electron chi connectivity index (χ3n) is 4.25. The van der Waals surface area contributed by atoms with Crippen LogP contribution in [0.1, 0.15) is 18.4 Å². The van der Waals surface area contributed by atoms with E-state index in [-0.39, 0.29) is 29.1 Å². The van der Waals surface area contributed by atoms with Gasteiger partial charge in [-0.1, -0.05) is 29.3 Å². The highest BCUT2D eigenvalue weighted by atomic mass is 35.5. The molecule has 0 aliphatic heterocycles. The lowest BCUT2D eigenvalue weighted by molar-refractivity contribution is -0.119. The van der Waals surface area contributed by atoms with Crippen LogP contribution in [0.3, 0.4) is 0 Å². The molecule has 0 aromatic heterocycles. The van der Waals surface area contributed by atoms with Crippen LogP contribution < -0.4 is 14.4 Å². The molecule has 1 fully saturated rings. The summed E-state index contributed by atoms with van der Waals surface area (Å²) in [6, 6.07) is 11.3. The topological polar surface area (TPSA) is 75.7 Å². The number of nitrogens with zero attached hydrogens (tertiary/aromatic N) is 1. The molecule has 144 valence electrons. The number of benzene rings is 2. The van der Waals surface area contributed by atoms with Gasteiger partial charge in [0.2, 0.25) is 5.91 Å². The second-order valence-electron chi connectivity index (χ2n) is 6.48. The third kappa shape index (κ3) is 4.54. The Kier molecular flexibility index (Phi) is 5.62. The lowest BCUT2D eigenvalue weighted by atomic mass is 10.2. The van der Waals surface area contributed by atoms with Crippen molar-refractivity contribution >= 4 is 33.2 Å². The van der Waals surface area contributed by atoms with Crippen molar-refractivity contribution < 1.29 is 17.9 Å². The summed E-state index contributed by atoms with van der Waals surface area (Å²) in [5, 5.41) is 3.16. The summed E-state index contributed by atoms with van der Waals surface area (Å²) in [7, 11) is -2.56. The van der Waals surface area contributed by atoms with Crippen molar-refractivity contribution in [2.75, 3.05) is 18.0 Å². The average Bonchev–Trinajstić information content (AvgIpc) is 3.44. The average molecular weight is 409 g/mol. The van der Waals surface area contributed by atoms with Crippen LogP contribution in [-0.2, 0) is 14.8 Å². The fraction of sp³-hybridized carbons (Fsp3) is 0.316. The van der Waals surface area contributed by atoms with E-state index in [4.69, 9.17) is 16.3 Å². The number of methoxy groups -OCH3 is 1. The Bertz CT molecular complexity index is 941. The van der Waals surface area contributed by atoms with Gasteiger partial charge in [0.25, 0.3) is 10.0 Å². The molecule has 0 atom stereocenters. The molecular weight excluding hydrogens is 388 g/mol. The largest absolute Gasteiger partial charge is 0.495 e. The van der Waals surface area contributed by atoms with Gasteiger partial charge >= 0.3 is 0 Å². The lowest BCUT2D eigenvalue weighted by Crippen LogP contribution is -2.41. The summed E-state index contributed by atoms with van der Waals surface area (Å²) in [4.78, 5) is 12.5. The summed E-state index contributed by atoms with van der Waals surface area (Å²) >= 11 is 6.09. The van der Waals surface area contributed by atoms with Gasteiger partial charge in [0.05, 0.1) is 17.7 Å². The van der Waals surface area contributed by atoms with Gasteiger partial charge in [0.1, 0.15) is 12.3 Å². The summed E-state index contributed by atoms with van der Waals surface area (Å²) in [5.41, 5.74) is 1.16. The van der Waals surface area contributed by atoms with Crippen molar-refractivity contribution in [2.24, 2.45) is 0 Å². The first-order valence-corrected chi connectivity index (χ1v) is 10.4. The molecule has 27 heavy (non-hydrogen) atoms. The van der Waals surface area contributed by atoms with Gasteiger partial charge in [0.15, 0.2) is 0 Å². The number of carbonyl (C=O) groups is 1. The number of hydrogen-bond donors (Lipinski definition) is 1. The number of ether oxygens (including phenoxy) is 1. The zero-order valence-corrected chi connectivity index (χ0v) is 16.7. The number of carbonyl (C=O) groups excluding carboxylic acids is 1. The monoisotopic (exact) mass is 408 g/mol. The smallest absolute Gasteiger partial charge is 0.264 e. The Balaban J connectivity index is 2.05. The van der Waals surface area contributed by atoms with E-state index in [0.29, 0.717) is 10.8 Å². The van der Waals surface area contributed by atoms with Gasteiger partial charge in [-0.05, 0) is 50.1 Å². The Hall–Kier alpha value is -2.25. The molecule has 0 saturated heterocycles. The van der Waals surface area contributed by atoms with Crippen molar-refractivity contribution in [1.29, 1.82) is 0 Å². The second-order valence-corrected chi connectivity index (χ2v) is 8.78. The highest BCUT2D eigenvalue weighted by molar-refractivity contribution is 7.92. The second kappa shape index (κ2) is 7.78. The van der Waals surface area contributed by atoms with Crippen molar-refractivity contribution in [1.82, 2.24) is 5.32 Å². The molecule has 1 amide bonds. The van der Waals surface area contributed by atoms with Gasteiger partial charge in [-0.2, -0.15) is 0 Å². The Morgan fingerprint density at radius 3 is 2.48 bits per heavy atom. The first kappa shape index (κ1) is 19.5. The van der Waals surface area contributed by atoms with Crippen LogP contribution in [0.4, 0.5) is 5.69 Å². The SMILES string of the molecule is COc1ccc(Cl)cc1N(CC(=O)NC1CC1)S(=O)(=O)c1ccc(C)cc1. The zero-order chi connectivity index (χ0) is 19.6. The number of halogens is 1. The maximum absolute atomic E-state index is 13.3. The lowest BCUT2D eigenvalue weighted by Gasteiger charge is -2.26. The summed E-state index contributed by atoms with van der Waals surface area (Å²) in [6.07, 6.45) is 1.83. The molecule has 0 heterocycles. The zero-order valence-electron chi connectivity index (χ0n) is 15.1. The predicted octanol–water partition coefficient (Wildman–Crippen LogP) is 3.13. The number of amides is 1. The van der Waals surface area contributed by atoms with E-state index in [2.05, 4.69) is 5.32 Å². The molecule has 1 saturated carbocycles. The van der Waals surface area contributed by atoms with Crippen molar-refractivity contribution in [2.45, 2.75) is 30.7 Å². The van der Waals surface area contributed by atoms with E-state index in [9.17, 15) is 13.2 Å². The molecule has 0 radical (unpaired) electrons. The highest BCUT2D eigenvalue weighted by Crippen LogP contribution is 2.35. The number of rotatable bonds is 7. The highest BCUT2D eigenvalue weighted by Gasteiger charge is 2.31. The maximum Gasteiger partial charge on any atom is 0.264 e. The molecule has 0 bridgehead atoms. The van der Waals surface area contributed by atoms with E-state index < -0.39 is 10.0 Å². The van der Waals surface area contributed by atoms with Crippen LogP contribution in [0.25, 0.3) is 0 Å². The third-order valence-corrected chi connectivity index (χ3v) is 6.26. The van der Waals surface area contributed by atoms with Crippen LogP contribution in [0.15, 0.2) is 47.4 Å². The van der Waals surface area contributed by atoms with E-state index >= 15 is 0 Å². The Labute approximate surface area is 164 Å². The molecule has 1 aliphatic rings. The molecule has 3 rings (SSSR count). The van der Waals surface area contributed by atoms with E-state index in [1.54, 1.807) is 24.3 Å². The van der Waals surface area contributed by atoms with Crippen molar-refractivity contribution in [3.63, 3.8) is 0 Å². The molecule has 2 aromatic carbocycles. The van der Waals surface area contributed by atoms with Gasteiger partial charge in [-0.25, -0.2) is 8.42 Å². The van der Waals surface area contributed by atoms with Crippen molar-refractivity contribution in [3.05, 3.63) is 53.1 Å². The van der Waals surface area contributed by atoms with Gasteiger partial charge in [-0.15, -0.1) is 0 Å². The van der Waals surface area contributed by atoms with Crippen LogP contribution >= 0.6 is 11.6 Å². The molecular formula is C19H21ClN2O4S. The van der Waals surface area contributed by atoms with Crippen LogP contribution in [0.2, 0.25) is 5.02 Å². The normalized spacial score (nSPS) is 13.9. The molecule has 0 spiro atoms. The van der Waals surface area contributed by atoms with Crippen LogP contribution in [0.5, 0.6) is 5.75 Å². The number of aryl methyl sites for hydroxylation is 1. The van der Waals surface area contributed by atoms with E-state index in [0.717, 1.165) is 22.7 Å². The first-order valence-electron chi connectivity index (χ1n) is 8.53. The van der Waals surface area contributed by atoms with E-state index in [1.165, 1.54) is 25.3 Å². The number of anilines is 1. The number of sulfonamides is 1. The molecule has 0 unspecified atom stereocenters. The molecule has 1 N–H and O–H groups in total. The minimum absolute atomic E-state index is 0.0920. The summed E-state index contributed by atoms with van der Waals surface area (Å²) in [5.74, 6) is -0.0514. The Morgan fingerprint density at radius 1 is 1.22 bits per heavy atom. The Morgan fingerprint density at radius 2 is 1.89 bits per heavy atom. The number of hydrogen-bond acceptors (Lipinski definition) is 4. The van der Waals surface area contributed by atoms with Gasteiger partial charge in [0, 0.05) is 11.1 Å². The fourth-order valence-electron chi connectivity index (χ4n) is 2.63. The standard InChI is InChI=1S/C19H21ClN2O4S/c1-13-3-8-16(9-4-13)27(24,25)22(12-19(23)21-15-6-7-15)17-11-14(20)5-10-18(17)26-2/h3-5,8-11,15H,6-7,12H2,1-2H3,(H,21,23). The molecule has 6 nitrogen and oxygen atoms in total. The van der Waals surface area contributed by atoms with Gasteiger partial charge < -0.3 is 10.1 Å². The van der Waals surface area contributed by atoms with Crippen molar-refractivity contribution in [3.8, 4) is 5.75 Å². The maximum atomic E-state index is 13.3. The number of nitrogens with one attached hydrogen (secondary N) is 1. The minimum atomic E-state index is -4.00. The summed E-state index contributed by atoms with van der Waals surface area (Å²) in [6.45, 7) is 1.51. The first-order chi connectivity index (χ1) is 12.8. The quantitative estimate of drug-likeness (QED) is 0.763. The fourth-order valence-corrected chi connectivity index (χ4v) is 4.22. The van der Waals surface area contributed by atoms with Gasteiger partial charge in [-0.3, -0.25) is 9.10 Å². The van der Waals surface area contributed by atoms with Crippen LogP contribution in [-0.4, -0.2) is 34.0 Å². The van der Waals surface area contributed by atoms with Crippen LogP contribution in [0, 0.1) is 6.92 Å². The molecule has 1 aliphatic carbocycles. The van der Waals surface area contributed by atoms with E-state index in [1.807, 2.05) is 6.92 Å². The molecule has 2 aromatic rings. The predicted molar refractivity (Wildman–Crippen MR) is 105 cm³/mol.